The van der Waals surface area contributed by atoms with Crippen molar-refractivity contribution in [2.24, 2.45) is 5.92 Å². The van der Waals surface area contributed by atoms with Gasteiger partial charge in [0, 0.05) is 13.2 Å². The summed E-state index contributed by atoms with van der Waals surface area (Å²) in [7, 11) is -3.20. The Balaban J connectivity index is 2.84. The number of anilines is 1. The van der Waals surface area contributed by atoms with Crippen molar-refractivity contribution in [3.05, 3.63) is 24.3 Å². The molecule has 0 bridgehead atoms. The third-order valence-electron chi connectivity index (χ3n) is 2.87. The molecule has 1 unspecified atom stereocenters. The molecule has 2 N–H and O–H groups in total. The summed E-state index contributed by atoms with van der Waals surface area (Å²) in [5, 5.41) is 12.0. The van der Waals surface area contributed by atoms with E-state index in [0.717, 1.165) is 0 Å². The molecule has 5 heteroatoms. The third-order valence-corrected chi connectivity index (χ3v) is 4.65. The second-order valence-corrected chi connectivity index (χ2v) is 6.64. The predicted molar refractivity (Wildman–Crippen MR) is 73.5 cm³/mol. The molecule has 4 nitrogen and oxygen atoms in total. The molecule has 0 saturated carbocycles. The standard InChI is InChI=1S/C13H21NO3S/c1-3-18(16,17)13-7-5-4-6-12(13)14-10-11(2)8-9-15/h4-7,11,14-15H,3,8-10H2,1-2H3. The lowest BCUT2D eigenvalue weighted by Gasteiger charge is -2.15. The van der Waals surface area contributed by atoms with Gasteiger partial charge in [0.05, 0.1) is 16.3 Å². The van der Waals surface area contributed by atoms with Crippen molar-refractivity contribution in [1.29, 1.82) is 0 Å². The van der Waals surface area contributed by atoms with Crippen LogP contribution in [-0.4, -0.2) is 32.4 Å². The minimum absolute atomic E-state index is 0.0951. The monoisotopic (exact) mass is 271 g/mol. The van der Waals surface area contributed by atoms with Crippen molar-refractivity contribution < 1.29 is 13.5 Å². The van der Waals surface area contributed by atoms with Gasteiger partial charge in [-0.15, -0.1) is 0 Å². The number of nitrogens with one attached hydrogen (secondary N) is 1. The molecule has 0 fully saturated rings. The number of hydrogen-bond acceptors (Lipinski definition) is 4. The average molecular weight is 271 g/mol. The highest BCUT2D eigenvalue weighted by Crippen LogP contribution is 2.22. The van der Waals surface area contributed by atoms with Crippen molar-refractivity contribution in [2.75, 3.05) is 24.2 Å². The average Bonchev–Trinajstić information content (AvgIpc) is 2.37. The van der Waals surface area contributed by atoms with Gasteiger partial charge in [-0.25, -0.2) is 8.42 Å². The summed E-state index contributed by atoms with van der Waals surface area (Å²) in [6.45, 7) is 4.45. The highest BCUT2D eigenvalue weighted by Gasteiger charge is 2.16. The van der Waals surface area contributed by atoms with E-state index in [4.69, 9.17) is 5.11 Å². The van der Waals surface area contributed by atoms with Crippen LogP contribution < -0.4 is 5.32 Å². The molecule has 1 aromatic rings. The van der Waals surface area contributed by atoms with E-state index in [1.54, 1.807) is 25.1 Å². The molecule has 0 heterocycles. The highest BCUT2D eigenvalue weighted by atomic mass is 32.2. The van der Waals surface area contributed by atoms with Crippen molar-refractivity contribution >= 4 is 15.5 Å². The lowest BCUT2D eigenvalue weighted by Crippen LogP contribution is -2.15. The Morgan fingerprint density at radius 3 is 2.61 bits per heavy atom. The molecule has 0 radical (unpaired) electrons. The van der Waals surface area contributed by atoms with Crippen LogP contribution in [0.25, 0.3) is 0 Å². The summed E-state index contributed by atoms with van der Waals surface area (Å²) in [5.74, 6) is 0.394. The van der Waals surface area contributed by atoms with Crippen LogP contribution in [0.2, 0.25) is 0 Å². The zero-order chi connectivity index (χ0) is 13.6. The number of aliphatic hydroxyl groups is 1. The maximum absolute atomic E-state index is 11.9. The van der Waals surface area contributed by atoms with Gasteiger partial charge in [-0.05, 0) is 24.5 Å². The van der Waals surface area contributed by atoms with Gasteiger partial charge in [-0.1, -0.05) is 26.0 Å². The maximum atomic E-state index is 11.9. The van der Waals surface area contributed by atoms with Gasteiger partial charge in [0.15, 0.2) is 9.84 Å². The summed E-state index contributed by atoms with van der Waals surface area (Å²) in [4.78, 5) is 0.351. The van der Waals surface area contributed by atoms with E-state index < -0.39 is 9.84 Å². The van der Waals surface area contributed by atoms with Crippen LogP contribution in [0.4, 0.5) is 5.69 Å². The Labute approximate surface area is 109 Å². The van der Waals surface area contributed by atoms with Gasteiger partial charge < -0.3 is 10.4 Å². The first-order chi connectivity index (χ1) is 8.51. The number of para-hydroxylation sites is 1. The maximum Gasteiger partial charge on any atom is 0.180 e. The Bertz CT molecular complexity index is 471. The molecule has 102 valence electrons. The molecule has 0 aromatic heterocycles. The number of sulfone groups is 1. The van der Waals surface area contributed by atoms with Crippen LogP contribution in [0.5, 0.6) is 0 Å². The van der Waals surface area contributed by atoms with Crippen LogP contribution in [0, 0.1) is 5.92 Å². The fraction of sp³-hybridized carbons (Fsp3) is 0.538. The van der Waals surface area contributed by atoms with Gasteiger partial charge in [-0.2, -0.15) is 0 Å². The number of benzene rings is 1. The van der Waals surface area contributed by atoms with Crippen LogP contribution in [0.1, 0.15) is 20.3 Å². The molecule has 1 rings (SSSR count). The van der Waals surface area contributed by atoms with E-state index >= 15 is 0 Å². The lowest BCUT2D eigenvalue weighted by atomic mass is 10.1. The van der Waals surface area contributed by atoms with Crippen LogP contribution >= 0.6 is 0 Å². The predicted octanol–water partition coefficient (Wildman–Crippen LogP) is 1.91. The number of aliphatic hydroxyl groups excluding tert-OH is 1. The van der Waals surface area contributed by atoms with Gasteiger partial charge in [0.25, 0.3) is 0 Å². The van der Waals surface area contributed by atoms with Gasteiger partial charge in [-0.3, -0.25) is 0 Å². The van der Waals surface area contributed by atoms with Crippen molar-refractivity contribution in [3.8, 4) is 0 Å². The summed E-state index contributed by atoms with van der Waals surface area (Å²) in [6.07, 6.45) is 0.704. The first-order valence-corrected chi connectivity index (χ1v) is 7.83. The summed E-state index contributed by atoms with van der Waals surface area (Å²) >= 11 is 0. The summed E-state index contributed by atoms with van der Waals surface area (Å²) in [5.41, 5.74) is 0.643. The van der Waals surface area contributed by atoms with Crippen LogP contribution in [0.15, 0.2) is 29.2 Å². The summed E-state index contributed by atoms with van der Waals surface area (Å²) in [6, 6.07) is 6.94. The molecule has 0 amide bonds. The highest BCUT2D eigenvalue weighted by molar-refractivity contribution is 7.91. The zero-order valence-corrected chi connectivity index (χ0v) is 11.7. The van der Waals surface area contributed by atoms with E-state index in [-0.39, 0.29) is 12.4 Å². The SMILES string of the molecule is CCS(=O)(=O)c1ccccc1NCC(C)CCO. The van der Waals surface area contributed by atoms with Gasteiger partial charge in [0.2, 0.25) is 0 Å². The van der Waals surface area contributed by atoms with Crippen molar-refractivity contribution in [3.63, 3.8) is 0 Å². The molecule has 0 aliphatic heterocycles. The molecule has 1 aromatic carbocycles. The van der Waals surface area contributed by atoms with Crippen molar-refractivity contribution in [2.45, 2.75) is 25.2 Å². The molecule has 0 saturated heterocycles. The molecular weight excluding hydrogens is 250 g/mol. The molecule has 0 aliphatic rings. The smallest absolute Gasteiger partial charge is 0.180 e. The number of hydrogen-bond donors (Lipinski definition) is 2. The quantitative estimate of drug-likeness (QED) is 0.795. The molecule has 0 aliphatic carbocycles. The minimum Gasteiger partial charge on any atom is -0.396 e. The Morgan fingerprint density at radius 1 is 1.33 bits per heavy atom. The molecular formula is C13H21NO3S. The van der Waals surface area contributed by atoms with E-state index in [9.17, 15) is 8.42 Å². The Kier molecular flexibility index (Phi) is 5.62. The van der Waals surface area contributed by atoms with Gasteiger partial charge in [0.1, 0.15) is 0 Å². The fourth-order valence-corrected chi connectivity index (χ4v) is 2.72. The minimum atomic E-state index is -3.20. The first-order valence-electron chi connectivity index (χ1n) is 6.17. The van der Waals surface area contributed by atoms with Crippen molar-refractivity contribution in [1.82, 2.24) is 0 Å². The zero-order valence-electron chi connectivity index (χ0n) is 10.9. The van der Waals surface area contributed by atoms with E-state index in [2.05, 4.69) is 5.32 Å². The largest absolute Gasteiger partial charge is 0.396 e. The fourth-order valence-electron chi connectivity index (χ4n) is 1.65. The van der Waals surface area contributed by atoms with E-state index in [0.29, 0.717) is 29.5 Å². The number of rotatable bonds is 7. The van der Waals surface area contributed by atoms with Crippen LogP contribution in [0.3, 0.4) is 0 Å². The second-order valence-electron chi connectivity index (χ2n) is 4.40. The van der Waals surface area contributed by atoms with E-state index in [1.807, 2.05) is 13.0 Å². The Hall–Kier alpha value is -1.07. The van der Waals surface area contributed by atoms with Crippen LogP contribution in [-0.2, 0) is 9.84 Å². The second kappa shape index (κ2) is 6.75. The van der Waals surface area contributed by atoms with E-state index in [1.165, 1.54) is 0 Å². The molecule has 0 spiro atoms. The molecule has 18 heavy (non-hydrogen) atoms. The third kappa shape index (κ3) is 3.99. The normalized spacial score (nSPS) is 13.3. The molecule has 1 atom stereocenters. The first kappa shape index (κ1) is 15.0. The topological polar surface area (TPSA) is 66.4 Å². The Morgan fingerprint density at radius 2 is 2.00 bits per heavy atom. The summed E-state index contributed by atoms with van der Waals surface area (Å²) < 4.78 is 23.8. The lowest BCUT2D eigenvalue weighted by molar-refractivity contribution is 0.266. The van der Waals surface area contributed by atoms with Gasteiger partial charge >= 0.3 is 0 Å².